The number of unbranched alkanes of at least 4 members (excludes halogenated alkanes) is 1. The van der Waals surface area contributed by atoms with E-state index >= 15 is 0 Å². The molecule has 0 aliphatic carbocycles. The second kappa shape index (κ2) is 11.6. The Hall–Kier alpha value is -2.08. The summed E-state index contributed by atoms with van der Waals surface area (Å²) >= 11 is 0. The molecule has 0 unspecified atom stereocenters. The number of hydrogen-bond acceptors (Lipinski definition) is 6. The first kappa shape index (κ1) is 26.5. The SMILES string of the molecule is CN(C(=O)CCCCC1CCN(S(=O)(=O)C2(C(=O)NO)CCOCC2)CC1)c1ccc(F)cc1. The zero-order valence-electron chi connectivity index (χ0n) is 19.5. The largest absolute Gasteiger partial charge is 0.381 e. The lowest BCUT2D eigenvalue weighted by molar-refractivity contribution is -0.134. The summed E-state index contributed by atoms with van der Waals surface area (Å²) in [7, 11) is -2.27. The normalized spacial score (nSPS) is 19.5. The molecule has 0 radical (unpaired) electrons. The van der Waals surface area contributed by atoms with Gasteiger partial charge in [0.25, 0.3) is 5.91 Å². The topological polar surface area (TPSA) is 116 Å². The van der Waals surface area contributed by atoms with Crippen molar-refractivity contribution in [2.45, 2.75) is 56.1 Å². The van der Waals surface area contributed by atoms with Gasteiger partial charge in [-0.15, -0.1) is 0 Å². The summed E-state index contributed by atoms with van der Waals surface area (Å²) in [6, 6.07) is 5.80. The summed E-state index contributed by atoms with van der Waals surface area (Å²) in [5.41, 5.74) is 2.20. The van der Waals surface area contributed by atoms with Crippen LogP contribution in [0.15, 0.2) is 24.3 Å². The van der Waals surface area contributed by atoms with E-state index in [1.807, 2.05) is 0 Å². The minimum absolute atomic E-state index is 0.0159. The summed E-state index contributed by atoms with van der Waals surface area (Å²) in [4.78, 5) is 26.3. The van der Waals surface area contributed by atoms with E-state index in [0.717, 1.165) is 19.3 Å². The Balaban J connectivity index is 1.44. The predicted octanol–water partition coefficient (Wildman–Crippen LogP) is 2.45. The predicted molar refractivity (Wildman–Crippen MR) is 124 cm³/mol. The summed E-state index contributed by atoms with van der Waals surface area (Å²) < 4.78 is 44.7. The quantitative estimate of drug-likeness (QED) is 0.306. The van der Waals surface area contributed by atoms with Gasteiger partial charge in [0.05, 0.1) is 0 Å². The molecule has 0 atom stereocenters. The molecular formula is C23H34FN3O6S. The maximum absolute atomic E-state index is 13.3. The number of piperidine rings is 1. The fourth-order valence-electron chi connectivity index (χ4n) is 4.78. The second-order valence-corrected chi connectivity index (χ2v) is 11.3. The Morgan fingerprint density at radius 2 is 1.79 bits per heavy atom. The summed E-state index contributed by atoms with van der Waals surface area (Å²) in [6.45, 7) is 0.970. The third kappa shape index (κ3) is 5.76. The van der Waals surface area contributed by atoms with Crippen LogP contribution in [0.25, 0.3) is 0 Å². The molecule has 0 spiro atoms. The van der Waals surface area contributed by atoms with Gasteiger partial charge in [0.2, 0.25) is 15.9 Å². The Kier molecular flexibility index (Phi) is 9.02. The molecule has 190 valence electrons. The highest BCUT2D eigenvalue weighted by atomic mass is 32.2. The third-order valence-corrected chi connectivity index (χ3v) is 9.69. The molecule has 1 aromatic rings. The Morgan fingerprint density at radius 3 is 2.38 bits per heavy atom. The number of rotatable bonds is 9. The van der Waals surface area contributed by atoms with Gasteiger partial charge in [0.15, 0.2) is 4.75 Å². The highest BCUT2D eigenvalue weighted by Gasteiger charge is 2.54. The number of hydroxylamine groups is 1. The van der Waals surface area contributed by atoms with Crippen LogP contribution in [0.4, 0.5) is 10.1 Å². The van der Waals surface area contributed by atoms with Gasteiger partial charge in [-0.2, -0.15) is 0 Å². The van der Waals surface area contributed by atoms with Gasteiger partial charge in [-0.25, -0.2) is 22.6 Å². The average molecular weight is 500 g/mol. The molecule has 0 bridgehead atoms. The van der Waals surface area contributed by atoms with E-state index in [1.54, 1.807) is 24.7 Å². The van der Waals surface area contributed by atoms with Crippen molar-refractivity contribution in [2.24, 2.45) is 5.92 Å². The lowest BCUT2D eigenvalue weighted by Gasteiger charge is -2.40. The van der Waals surface area contributed by atoms with Crippen LogP contribution >= 0.6 is 0 Å². The van der Waals surface area contributed by atoms with Crippen molar-refractivity contribution in [3.05, 3.63) is 30.1 Å². The number of amides is 2. The van der Waals surface area contributed by atoms with Crippen molar-refractivity contribution in [3.63, 3.8) is 0 Å². The fraction of sp³-hybridized carbons (Fsp3) is 0.652. The molecule has 0 aromatic heterocycles. The van der Waals surface area contributed by atoms with Crippen molar-refractivity contribution in [1.29, 1.82) is 0 Å². The van der Waals surface area contributed by atoms with Crippen LogP contribution in [0.3, 0.4) is 0 Å². The van der Waals surface area contributed by atoms with Gasteiger partial charge in [-0.05, 0) is 49.4 Å². The van der Waals surface area contributed by atoms with Gasteiger partial charge in [0, 0.05) is 58.3 Å². The maximum Gasteiger partial charge on any atom is 0.266 e. The number of anilines is 1. The Morgan fingerprint density at radius 1 is 1.18 bits per heavy atom. The van der Waals surface area contributed by atoms with E-state index in [0.29, 0.717) is 44.0 Å². The van der Waals surface area contributed by atoms with Gasteiger partial charge < -0.3 is 9.64 Å². The zero-order valence-corrected chi connectivity index (χ0v) is 20.4. The molecule has 2 aliphatic heterocycles. The maximum atomic E-state index is 13.3. The number of nitrogens with zero attached hydrogens (tertiary/aromatic N) is 2. The molecule has 11 heteroatoms. The van der Waals surface area contributed by atoms with E-state index in [2.05, 4.69) is 0 Å². The van der Waals surface area contributed by atoms with Crippen molar-refractivity contribution in [2.75, 3.05) is 38.3 Å². The van der Waals surface area contributed by atoms with E-state index in [9.17, 15) is 22.4 Å². The van der Waals surface area contributed by atoms with E-state index < -0.39 is 20.7 Å². The number of halogens is 1. The Bertz CT molecular complexity index is 942. The van der Waals surface area contributed by atoms with Gasteiger partial charge in [0.1, 0.15) is 5.82 Å². The van der Waals surface area contributed by atoms with Crippen LogP contribution in [0.2, 0.25) is 0 Å². The molecule has 2 fully saturated rings. The number of ether oxygens (including phenoxy) is 1. The number of benzene rings is 1. The van der Waals surface area contributed by atoms with Crippen LogP contribution in [-0.2, 0) is 24.3 Å². The number of carbonyl (C=O) groups excluding carboxylic acids is 2. The van der Waals surface area contributed by atoms with Crippen molar-refractivity contribution in [1.82, 2.24) is 9.79 Å². The molecule has 2 heterocycles. The molecule has 2 N–H and O–H groups in total. The third-order valence-electron chi connectivity index (χ3n) is 7.06. The molecule has 3 rings (SSSR count). The highest BCUT2D eigenvalue weighted by molar-refractivity contribution is 7.91. The summed E-state index contributed by atoms with van der Waals surface area (Å²) in [5, 5.41) is 9.16. The first-order valence-electron chi connectivity index (χ1n) is 11.8. The molecule has 1 aromatic carbocycles. The molecule has 2 amide bonds. The van der Waals surface area contributed by atoms with E-state index in [4.69, 9.17) is 9.94 Å². The molecule has 0 saturated carbocycles. The van der Waals surface area contributed by atoms with Crippen LogP contribution in [0.5, 0.6) is 0 Å². The summed E-state index contributed by atoms with van der Waals surface area (Å²) in [6.07, 6.45) is 4.28. The molecule has 9 nitrogen and oxygen atoms in total. The summed E-state index contributed by atoms with van der Waals surface area (Å²) in [5.74, 6) is -0.915. The number of carbonyl (C=O) groups is 2. The highest BCUT2D eigenvalue weighted by Crippen LogP contribution is 2.35. The average Bonchev–Trinajstić information content (AvgIpc) is 2.86. The molecule has 34 heavy (non-hydrogen) atoms. The fourth-order valence-corrected chi connectivity index (χ4v) is 6.92. The first-order chi connectivity index (χ1) is 16.2. The van der Waals surface area contributed by atoms with Gasteiger partial charge in [-0.3, -0.25) is 14.8 Å². The van der Waals surface area contributed by atoms with Crippen LogP contribution in [0.1, 0.15) is 51.4 Å². The van der Waals surface area contributed by atoms with Crippen molar-refractivity contribution in [3.8, 4) is 0 Å². The number of nitrogens with one attached hydrogen (secondary N) is 1. The lowest BCUT2D eigenvalue weighted by Crippen LogP contribution is -2.60. The minimum Gasteiger partial charge on any atom is -0.381 e. The number of hydrogen-bond donors (Lipinski definition) is 2. The second-order valence-electron chi connectivity index (χ2n) is 9.07. The number of sulfonamides is 1. The van der Waals surface area contributed by atoms with Crippen LogP contribution in [-0.4, -0.2) is 67.8 Å². The monoisotopic (exact) mass is 499 g/mol. The minimum atomic E-state index is -3.95. The first-order valence-corrected chi connectivity index (χ1v) is 13.2. The molecule has 2 saturated heterocycles. The van der Waals surface area contributed by atoms with Crippen molar-refractivity contribution >= 4 is 27.5 Å². The van der Waals surface area contributed by atoms with Crippen molar-refractivity contribution < 1.29 is 32.3 Å². The van der Waals surface area contributed by atoms with E-state index in [1.165, 1.54) is 21.3 Å². The van der Waals surface area contributed by atoms with Gasteiger partial charge in [-0.1, -0.05) is 12.8 Å². The molecular weight excluding hydrogens is 465 g/mol. The standard InChI is InChI=1S/C23H34FN3O6S/c1-26(20-8-6-19(24)7-9-20)21(28)5-3-2-4-18-10-14-27(15-11-18)34(31,32)23(22(29)25-30)12-16-33-17-13-23/h6-9,18,30H,2-5,10-17H2,1H3,(H,25,29). The van der Waals surface area contributed by atoms with E-state index in [-0.39, 0.29) is 37.8 Å². The van der Waals surface area contributed by atoms with Crippen LogP contribution < -0.4 is 10.4 Å². The zero-order chi connectivity index (χ0) is 24.8. The Labute approximate surface area is 200 Å². The smallest absolute Gasteiger partial charge is 0.266 e. The van der Waals surface area contributed by atoms with Gasteiger partial charge >= 0.3 is 0 Å². The lowest BCUT2D eigenvalue weighted by atomic mass is 9.92. The molecule has 2 aliphatic rings. The van der Waals surface area contributed by atoms with Crippen LogP contribution in [0, 0.1) is 11.7 Å².